The summed E-state index contributed by atoms with van der Waals surface area (Å²) in [5, 5.41) is 15.9. The molecule has 0 saturated heterocycles. The molecule has 0 saturated carbocycles. The molecule has 0 radical (unpaired) electrons. The van der Waals surface area contributed by atoms with E-state index in [4.69, 9.17) is 0 Å². The van der Waals surface area contributed by atoms with Crippen molar-refractivity contribution in [3.63, 3.8) is 0 Å². The molecular weight excluding hydrogens is 228 g/mol. The Hall–Kier alpha value is -1.36. The van der Waals surface area contributed by atoms with Gasteiger partial charge in [-0.2, -0.15) is 0 Å². The van der Waals surface area contributed by atoms with E-state index in [0.717, 1.165) is 36.8 Å². The maximum Gasteiger partial charge on any atom is 0.132 e. The first-order chi connectivity index (χ1) is 8.56. The lowest BCUT2D eigenvalue weighted by molar-refractivity contribution is 0.218. The Balaban J connectivity index is 2.96. The summed E-state index contributed by atoms with van der Waals surface area (Å²) in [5.74, 6) is 2.38. The molecule has 102 valence electrons. The first-order valence-electron chi connectivity index (χ1n) is 6.57. The Morgan fingerprint density at radius 3 is 2.39 bits per heavy atom. The number of aliphatic hydroxyl groups is 1. The van der Waals surface area contributed by atoms with E-state index in [1.165, 1.54) is 0 Å². The minimum Gasteiger partial charge on any atom is -0.394 e. The Morgan fingerprint density at radius 2 is 1.89 bits per heavy atom. The second-order valence-corrected chi connectivity index (χ2v) is 4.64. The van der Waals surface area contributed by atoms with Gasteiger partial charge in [0.25, 0.3) is 0 Å². The fourth-order valence-corrected chi connectivity index (χ4v) is 1.54. The van der Waals surface area contributed by atoms with Crippen LogP contribution in [-0.2, 0) is 6.42 Å². The van der Waals surface area contributed by atoms with Crippen LogP contribution in [0.3, 0.4) is 0 Å². The van der Waals surface area contributed by atoms with Crippen LogP contribution in [0.5, 0.6) is 0 Å². The summed E-state index contributed by atoms with van der Waals surface area (Å²) in [7, 11) is 0. The van der Waals surface area contributed by atoms with E-state index in [2.05, 4.69) is 20.6 Å². The van der Waals surface area contributed by atoms with Crippen molar-refractivity contribution < 1.29 is 5.11 Å². The van der Waals surface area contributed by atoms with E-state index >= 15 is 0 Å². The van der Waals surface area contributed by atoms with Gasteiger partial charge < -0.3 is 15.7 Å². The number of hydrogen-bond acceptors (Lipinski definition) is 5. The predicted octanol–water partition coefficient (Wildman–Crippen LogP) is 2.04. The van der Waals surface area contributed by atoms with Crippen molar-refractivity contribution in [3.05, 3.63) is 11.9 Å². The maximum atomic E-state index is 9.42. The van der Waals surface area contributed by atoms with E-state index in [-0.39, 0.29) is 12.1 Å². The van der Waals surface area contributed by atoms with Gasteiger partial charge in [0, 0.05) is 19.0 Å². The van der Waals surface area contributed by atoms with Crippen LogP contribution in [0.1, 0.15) is 39.9 Å². The normalized spacial score (nSPS) is 14.1. The number of rotatable bonds is 7. The van der Waals surface area contributed by atoms with Crippen LogP contribution in [0.25, 0.3) is 0 Å². The second kappa shape index (κ2) is 6.54. The topological polar surface area (TPSA) is 70.1 Å². The highest BCUT2D eigenvalue weighted by Crippen LogP contribution is 2.19. The highest BCUT2D eigenvalue weighted by Gasteiger charge is 2.21. The minimum absolute atomic E-state index is 0.0749. The molecule has 0 aromatic carbocycles. The van der Waals surface area contributed by atoms with Crippen LogP contribution in [0, 0.1) is 0 Å². The molecule has 1 unspecified atom stereocenters. The maximum absolute atomic E-state index is 9.42. The van der Waals surface area contributed by atoms with Crippen LogP contribution in [-0.4, -0.2) is 33.8 Å². The lowest BCUT2D eigenvalue weighted by Crippen LogP contribution is -2.38. The van der Waals surface area contributed by atoms with Gasteiger partial charge in [-0.25, -0.2) is 9.97 Å². The third kappa shape index (κ3) is 3.84. The van der Waals surface area contributed by atoms with Gasteiger partial charge in [-0.3, -0.25) is 0 Å². The summed E-state index contributed by atoms with van der Waals surface area (Å²) in [4.78, 5) is 8.84. The molecule has 5 nitrogen and oxygen atoms in total. The predicted molar refractivity (Wildman–Crippen MR) is 75.0 cm³/mol. The van der Waals surface area contributed by atoms with Crippen LogP contribution >= 0.6 is 0 Å². The lowest BCUT2D eigenvalue weighted by Gasteiger charge is -2.28. The van der Waals surface area contributed by atoms with E-state index in [1.54, 1.807) is 0 Å². The molecule has 5 heteroatoms. The molecule has 0 bridgehead atoms. The van der Waals surface area contributed by atoms with E-state index in [9.17, 15) is 5.11 Å². The zero-order valence-electron chi connectivity index (χ0n) is 11.7. The van der Waals surface area contributed by atoms with Crippen LogP contribution in [0.4, 0.5) is 11.6 Å². The summed E-state index contributed by atoms with van der Waals surface area (Å²) in [6.45, 7) is 8.98. The molecule has 1 atom stereocenters. The molecule has 0 spiro atoms. The molecule has 1 heterocycles. The highest BCUT2D eigenvalue weighted by molar-refractivity contribution is 5.49. The van der Waals surface area contributed by atoms with Crippen LogP contribution in [0.2, 0.25) is 0 Å². The van der Waals surface area contributed by atoms with Crippen molar-refractivity contribution in [2.75, 3.05) is 23.8 Å². The van der Waals surface area contributed by atoms with E-state index < -0.39 is 0 Å². The second-order valence-electron chi connectivity index (χ2n) is 4.64. The molecule has 0 amide bonds. The summed E-state index contributed by atoms with van der Waals surface area (Å²) in [5.41, 5.74) is -0.344. The van der Waals surface area contributed by atoms with E-state index in [1.807, 2.05) is 33.8 Å². The van der Waals surface area contributed by atoms with Gasteiger partial charge in [0.1, 0.15) is 17.5 Å². The van der Waals surface area contributed by atoms with Crippen molar-refractivity contribution >= 4 is 11.6 Å². The summed E-state index contributed by atoms with van der Waals surface area (Å²) in [6, 6.07) is 1.88. The van der Waals surface area contributed by atoms with Crippen molar-refractivity contribution in [1.29, 1.82) is 0 Å². The van der Waals surface area contributed by atoms with Crippen LogP contribution < -0.4 is 10.6 Å². The molecule has 0 aliphatic heterocycles. The number of aryl methyl sites for hydroxylation is 1. The van der Waals surface area contributed by atoms with Crippen LogP contribution in [0.15, 0.2) is 6.07 Å². The average Bonchev–Trinajstić information content (AvgIpc) is 2.38. The Bertz CT molecular complexity index is 377. The number of anilines is 2. The molecule has 0 aliphatic carbocycles. The monoisotopic (exact) mass is 252 g/mol. The van der Waals surface area contributed by atoms with E-state index in [0.29, 0.717) is 0 Å². The first kappa shape index (κ1) is 14.7. The minimum atomic E-state index is -0.344. The fraction of sp³-hybridized carbons (Fsp3) is 0.692. The van der Waals surface area contributed by atoms with Gasteiger partial charge in [0.05, 0.1) is 12.1 Å². The van der Waals surface area contributed by atoms with Crippen molar-refractivity contribution in [2.45, 2.75) is 46.1 Å². The van der Waals surface area contributed by atoms with Gasteiger partial charge in [-0.05, 0) is 20.3 Å². The molecule has 18 heavy (non-hydrogen) atoms. The number of nitrogens with zero attached hydrogens (tertiary/aromatic N) is 2. The Labute approximate surface area is 109 Å². The Morgan fingerprint density at radius 1 is 1.22 bits per heavy atom. The van der Waals surface area contributed by atoms with Gasteiger partial charge in [0.2, 0.25) is 0 Å². The molecular formula is C13H24N4O. The SMILES string of the molecule is CCNc1cc(NC(C)(CC)CO)nc(CC)n1. The quantitative estimate of drug-likeness (QED) is 0.693. The molecule has 0 fully saturated rings. The Kier molecular flexibility index (Phi) is 5.34. The first-order valence-corrected chi connectivity index (χ1v) is 6.57. The molecule has 3 N–H and O–H groups in total. The van der Waals surface area contributed by atoms with Gasteiger partial charge in [0.15, 0.2) is 0 Å². The summed E-state index contributed by atoms with van der Waals surface area (Å²) >= 11 is 0. The molecule has 0 aliphatic rings. The summed E-state index contributed by atoms with van der Waals surface area (Å²) < 4.78 is 0. The molecule has 1 rings (SSSR count). The fourth-order valence-electron chi connectivity index (χ4n) is 1.54. The average molecular weight is 252 g/mol. The standard InChI is InChI=1S/C13H24N4O/c1-5-10-15-11(14-7-3)8-12(16-10)17-13(4,6-2)9-18/h8,18H,5-7,9H2,1-4H3,(H2,14,15,16,17). The van der Waals surface area contributed by atoms with Gasteiger partial charge >= 0.3 is 0 Å². The van der Waals surface area contributed by atoms with Crippen molar-refractivity contribution in [3.8, 4) is 0 Å². The van der Waals surface area contributed by atoms with Gasteiger partial charge in [-0.15, -0.1) is 0 Å². The zero-order valence-corrected chi connectivity index (χ0v) is 11.7. The van der Waals surface area contributed by atoms with Crippen molar-refractivity contribution in [2.24, 2.45) is 0 Å². The zero-order chi connectivity index (χ0) is 13.6. The number of nitrogens with one attached hydrogen (secondary N) is 2. The largest absolute Gasteiger partial charge is 0.394 e. The van der Waals surface area contributed by atoms with Crippen molar-refractivity contribution in [1.82, 2.24) is 9.97 Å². The highest BCUT2D eigenvalue weighted by atomic mass is 16.3. The lowest BCUT2D eigenvalue weighted by atomic mass is 10.0. The number of aliphatic hydroxyl groups excluding tert-OH is 1. The van der Waals surface area contributed by atoms with Gasteiger partial charge in [-0.1, -0.05) is 13.8 Å². The smallest absolute Gasteiger partial charge is 0.132 e. The third-order valence-electron chi connectivity index (χ3n) is 3.01. The third-order valence-corrected chi connectivity index (χ3v) is 3.01. The molecule has 1 aromatic rings. The number of aromatic nitrogens is 2. The number of hydrogen-bond donors (Lipinski definition) is 3. The molecule has 1 aromatic heterocycles. The summed E-state index contributed by atoms with van der Waals surface area (Å²) in [6.07, 6.45) is 1.61.